The van der Waals surface area contributed by atoms with Crippen LogP contribution in [0.15, 0.2) is 17.1 Å². The smallest absolute Gasteiger partial charge is 0.223 e. The number of imidazole rings is 1. The monoisotopic (exact) mass is 422 g/mol. The van der Waals surface area contributed by atoms with Crippen molar-refractivity contribution in [3.8, 4) is 0 Å². The van der Waals surface area contributed by atoms with Crippen molar-refractivity contribution in [3.63, 3.8) is 0 Å². The molecule has 0 radical (unpaired) electrons. The van der Waals surface area contributed by atoms with Gasteiger partial charge in [-0.1, -0.05) is 58.3 Å². The third-order valence-corrected chi connectivity index (χ3v) is 6.56. The molecule has 0 saturated carbocycles. The summed E-state index contributed by atoms with van der Waals surface area (Å²) in [5.74, 6) is 0. The van der Waals surface area contributed by atoms with Gasteiger partial charge in [-0.15, -0.1) is 3.97 Å². The van der Waals surface area contributed by atoms with Crippen LogP contribution >= 0.6 is 15.9 Å². The summed E-state index contributed by atoms with van der Waals surface area (Å²) in [5.41, 5.74) is 0. The molecular weight excluding hydrogens is 390 g/mol. The molecule has 0 aliphatic carbocycles. The van der Waals surface area contributed by atoms with E-state index in [9.17, 15) is 8.42 Å². The Morgan fingerprint density at radius 2 is 1.50 bits per heavy atom. The third-order valence-electron chi connectivity index (χ3n) is 4.24. The van der Waals surface area contributed by atoms with Crippen molar-refractivity contribution in [1.29, 1.82) is 0 Å². The lowest BCUT2D eigenvalue weighted by Crippen LogP contribution is -2.48. The minimum absolute atomic E-state index is 0.795. The predicted molar refractivity (Wildman–Crippen MR) is 102 cm³/mol. The van der Waals surface area contributed by atoms with Crippen LogP contribution in [0.4, 0.5) is 0 Å². The first-order valence-corrected chi connectivity index (χ1v) is 11.3. The fraction of sp³-hybridized carbons (Fsp3) is 0.824. The molecule has 1 aromatic heterocycles. The van der Waals surface area contributed by atoms with Gasteiger partial charge < -0.3 is 0 Å². The van der Waals surface area contributed by atoms with Gasteiger partial charge in [-0.3, -0.25) is 0 Å². The molecule has 0 fully saturated rings. The van der Waals surface area contributed by atoms with Crippen LogP contribution in [0.25, 0.3) is 0 Å². The van der Waals surface area contributed by atoms with E-state index in [1.54, 1.807) is 12.5 Å². The highest BCUT2D eigenvalue weighted by Crippen LogP contribution is 2.13. The highest BCUT2D eigenvalue weighted by atomic mass is 79.9. The van der Waals surface area contributed by atoms with Crippen LogP contribution in [0.3, 0.4) is 0 Å². The standard InChI is InChI=1S/C17H33BrN3O2S/c1-4-5-6-7-8-9-10-11-12-13-14-20-16-21(15-17(20)18)24(22,23)19(2)3/h15-16H,4-14H2,1-3H3/q+1. The van der Waals surface area contributed by atoms with Gasteiger partial charge in [0.15, 0.2) is 6.20 Å². The number of halogens is 1. The Morgan fingerprint density at radius 1 is 1.00 bits per heavy atom. The van der Waals surface area contributed by atoms with Gasteiger partial charge in [-0.25, -0.2) is 4.57 Å². The van der Waals surface area contributed by atoms with Crippen LogP contribution in [-0.2, 0) is 16.8 Å². The van der Waals surface area contributed by atoms with Crippen LogP contribution in [-0.4, -0.2) is 31.4 Å². The molecule has 5 nitrogen and oxygen atoms in total. The normalized spacial score (nSPS) is 12.2. The quantitative estimate of drug-likeness (QED) is 0.354. The fourth-order valence-corrected chi connectivity index (χ4v) is 4.12. The second-order valence-electron chi connectivity index (χ2n) is 6.56. The second-order valence-corrected chi connectivity index (χ2v) is 9.42. The summed E-state index contributed by atoms with van der Waals surface area (Å²) < 4.78 is 29.4. The van der Waals surface area contributed by atoms with E-state index in [1.807, 2.05) is 4.57 Å². The summed E-state index contributed by atoms with van der Waals surface area (Å²) in [7, 11) is -0.357. The molecule has 1 aromatic rings. The summed E-state index contributed by atoms with van der Waals surface area (Å²) in [4.78, 5) is 0. The van der Waals surface area contributed by atoms with E-state index >= 15 is 0 Å². The Hall–Kier alpha value is -0.400. The Bertz CT molecular complexity index is 570. The van der Waals surface area contributed by atoms with Crippen molar-refractivity contribution < 1.29 is 12.4 Å². The van der Waals surface area contributed by atoms with Gasteiger partial charge in [0.25, 0.3) is 6.33 Å². The van der Waals surface area contributed by atoms with Gasteiger partial charge in [0.2, 0.25) is 4.60 Å². The van der Waals surface area contributed by atoms with Gasteiger partial charge in [0, 0.05) is 30.0 Å². The molecule has 1 rings (SSSR count). The number of aryl methyl sites for hydroxylation is 1. The van der Waals surface area contributed by atoms with Crippen LogP contribution in [0.5, 0.6) is 0 Å². The minimum Gasteiger partial charge on any atom is -0.223 e. The maximum Gasteiger partial charge on any atom is 0.379 e. The van der Waals surface area contributed by atoms with Crippen molar-refractivity contribution >= 4 is 26.1 Å². The van der Waals surface area contributed by atoms with Crippen molar-refractivity contribution in [2.24, 2.45) is 0 Å². The van der Waals surface area contributed by atoms with Gasteiger partial charge >= 0.3 is 10.2 Å². The topological polar surface area (TPSA) is 46.2 Å². The van der Waals surface area contributed by atoms with Crippen molar-refractivity contribution in [3.05, 3.63) is 17.1 Å². The molecule has 0 saturated heterocycles. The zero-order valence-corrected chi connectivity index (χ0v) is 17.8. The van der Waals surface area contributed by atoms with Crippen molar-refractivity contribution in [2.45, 2.75) is 77.7 Å². The lowest BCUT2D eigenvalue weighted by molar-refractivity contribution is -0.515. The number of hydrogen-bond acceptors (Lipinski definition) is 2. The molecule has 0 N–H and O–H groups in total. The lowest BCUT2D eigenvalue weighted by atomic mass is 10.1. The minimum atomic E-state index is -3.43. The Labute approximate surface area is 156 Å². The van der Waals surface area contributed by atoms with E-state index < -0.39 is 10.2 Å². The molecule has 1 heterocycles. The van der Waals surface area contributed by atoms with Gasteiger partial charge in [0.1, 0.15) is 0 Å². The summed E-state index contributed by atoms with van der Waals surface area (Å²) in [6.45, 7) is 3.09. The largest absolute Gasteiger partial charge is 0.379 e. The average Bonchev–Trinajstić information content (AvgIpc) is 2.91. The van der Waals surface area contributed by atoms with E-state index in [0.717, 1.165) is 17.6 Å². The van der Waals surface area contributed by atoms with E-state index in [2.05, 4.69) is 22.9 Å². The van der Waals surface area contributed by atoms with E-state index in [0.29, 0.717) is 0 Å². The summed E-state index contributed by atoms with van der Waals surface area (Å²) in [6, 6.07) is 0. The Balaban J connectivity index is 2.23. The molecule has 140 valence electrons. The molecule has 0 amide bonds. The fourth-order valence-electron chi connectivity index (χ4n) is 2.65. The maximum atomic E-state index is 12.1. The average molecular weight is 423 g/mol. The number of nitrogens with zero attached hydrogens (tertiary/aromatic N) is 3. The summed E-state index contributed by atoms with van der Waals surface area (Å²) in [6.07, 6.45) is 16.3. The Morgan fingerprint density at radius 3 is 2.00 bits per heavy atom. The highest BCUT2D eigenvalue weighted by Gasteiger charge is 2.24. The van der Waals surface area contributed by atoms with Crippen molar-refractivity contribution in [2.75, 3.05) is 14.1 Å². The van der Waals surface area contributed by atoms with Gasteiger partial charge in [-0.2, -0.15) is 12.7 Å². The first-order chi connectivity index (χ1) is 11.4. The first kappa shape index (κ1) is 21.6. The summed E-state index contributed by atoms with van der Waals surface area (Å²) in [5, 5.41) is 0. The Kier molecular flexibility index (Phi) is 10.2. The molecular formula is C17H33BrN3O2S+. The molecule has 0 aliphatic heterocycles. The second kappa shape index (κ2) is 11.3. The summed E-state index contributed by atoms with van der Waals surface area (Å²) >= 11 is 3.44. The zero-order chi connectivity index (χ0) is 18.0. The zero-order valence-electron chi connectivity index (χ0n) is 15.4. The molecule has 0 bridgehead atoms. The molecule has 0 atom stereocenters. The molecule has 0 aliphatic rings. The maximum absolute atomic E-state index is 12.1. The molecule has 0 spiro atoms. The third kappa shape index (κ3) is 7.23. The number of unbranched alkanes of at least 4 members (excludes halogenated alkanes) is 9. The predicted octanol–water partition coefficient (Wildman–Crippen LogP) is 4.11. The van der Waals surface area contributed by atoms with Crippen LogP contribution in [0.2, 0.25) is 0 Å². The van der Waals surface area contributed by atoms with Gasteiger partial charge in [-0.05, 0) is 12.8 Å². The number of aromatic nitrogens is 2. The van der Waals surface area contributed by atoms with E-state index in [4.69, 9.17) is 0 Å². The van der Waals surface area contributed by atoms with Crippen LogP contribution in [0, 0.1) is 0 Å². The molecule has 0 aromatic carbocycles. The van der Waals surface area contributed by atoms with Gasteiger partial charge in [0.05, 0.1) is 6.54 Å². The van der Waals surface area contributed by atoms with Crippen molar-refractivity contribution in [1.82, 2.24) is 8.87 Å². The molecule has 0 unspecified atom stereocenters. The lowest BCUT2D eigenvalue weighted by Gasteiger charge is -2.05. The molecule has 7 heteroatoms. The number of rotatable bonds is 13. The SMILES string of the molecule is CCCCCCCCCCCCn1c[n+](S(=O)(=O)N(C)C)cc1Br. The van der Waals surface area contributed by atoms with Crippen LogP contribution < -0.4 is 3.97 Å². The molecule has 24 heavy (non-hydrogen) atoms. The highest BCUT2D eigenvalue weighted by molar-refractivity contribution is 9.10. The van der Waals surface area contributed by atoms with Crippen LogP contribution in [0.1, 0.15) is 71.1 Å². The van der Waals surface area contributed by atoms with E-state index in [-0.39, 0.29) is 0 Å². The number of hydrogen-bond donors (Lipinski definition) is 0. The first-order valence-electron chi connectivity index (χ1n) is 9.09. The van der Waals surface area contributed by atoms with E-state index in [1.165, 1.54) is 80.2 Å².